The van der Waals surface area contributed by atoms with Gasteiger partial charge in [-0.25, -0.2) is 0 Å². The van der Waals surface area contributed by atoms with Gasteiger partial charge < -0.3 is 5.32 Å². The van der Waals surface area contributed by atoms with Crippen LogP contribution in [0, 0.1) is 6.92 Å². The van der Waals surface area contributed by atoms with E-state index in [0.717, 1.165) is 6.54 Å². The maximum atomic E-state index is 3.54. The third-order valence-corrected chi connectivity index (χ3v) is 4.63. The molecule has 0 fully saturated rings. The zero-order valence-corrected chi connectivity index (χ0v) is 14.5. The van der Waals surface area contributed by atoms with Crippen molar-refractivity contribution in [3.63, 3.8) is 0 Å². The molecule has 0 atom stereocenters. The molecular formula is C19H24BrN. The van der Waals surface area contributed by atoms with Gasteiger partial charge in [0, 0.05) is 16.7 Å². The predicted octanol–water partition coefficient (Wildman–Crippen LogP) is 6.10. The van der Waals surface area contributed by atoms with Crippen molar-refractivity contribution in [3.05, 3.63) is 63.6 Å². The van der Waals surface area contributed by atoms with Crippen molar-refractivity contribution in [2.75, 3.05) is 5.32 Å². The van der Waals surface area contributed by atoms with Gasteiger partial charge in [0.05, 0.1) is 0 Å². The molecule has 2 rings (SSSR count). The quantitative estimate of drug-likeness (QED) is 0.597. The number of hydrogen-bond acceptors (Lipinski definition) is 1. The van der Waals surface area contributed by atoms with Crippen molar-refractivity contribution in [1.29, 1.82) is 0 Å². The number of rotatable bonds is 7. The Morgan fingerprint density at radius 2 is 1.67 bits per heavy atom. The second kappa shape index (κ2) is 8.23. The molecule has 0 amide bonds. The zero-order chi connectivity index (χ0) is 15.1. The minimum absolute atomic E-state index is 0.864. The van der Waals surface area contributed by atoms with E-state index in [0.29, 0.717) is 0 Å². The minimum Gasteiger partial charge on any atom is -0.381 e. The average molecular weight is 346 g/mol. The molecule has 0 heterocycles. The summed E-state index contributed by atoms with van der Waals surface area (Å²) in [7, 11) is 0. The van der Waals surface area contributed by atoms with E-state index >= 15 is 0 Å². The van der Waals surface area contributed by atoms with Crippen molar-refractivity contribution in [1.82, 2.24) is 0 Å². The number of halogens is 1. The lowest BCUT2D eigenvalue weighted by Gasteiger charge is -2.09. The van der Waals surface area contributed by atoms with Crippen LogP contribution in [0.5, 0.6) is 0 Å². The molecule has 0 spiro atoms. The highest BCUT2D eigenvalue weighted by Crippen LogP contribution is 2.18. The second-order valence-corrected chi connectivity index (χ2v) is 6.45. The summed E-state index contributed by atoms with van der Waals surface area (Å²) in [5.41, 5.74) is 5.21. The van der Waals surface area contributed by atoms with E-state index in [9.17, 15) is 0 Å². The van der Waals surface area contributed by atoms with Crippen molar-refractivity contribution in [3.8, 4) is 0 Å². The molecule has 0 aliphatic heterocycles. The van der Waals surface area contributed by atoms with Crippen LogP contribution in [0.15, 0.2) is 46.9 Å². The van der Waals surface area contributed by atoms with Crippen LogP contribution in [0.25, 0.3) is 0 Å². The summed E-state index contributed by atoms with van der Waals surface area (Å²) in [5.74, 6) is 0. The Morgan fingerprint density at radius 1 is 0.952 bits per heavy atom. The van der Waals surface area contributed by atoms with Crippen molar-refractivity contribution in [2.45, 2.75) is 46.1 Å². The lowest BCUT2D eigenvalue weighted by Crippen LogP contribution is -2.00. The van der Waals surface area contributed by atoms with E-state index in [2.05, 4.69) is 77.6 Å². The number of nitrogens with one attached hydrogen (secondary N) is 1. The normalized spacial score (nSPS) is 10.6. The van der Waals surface area contributed by atoms with Crippen molar-refractivity contribution >= 4 is 21.6 Å². The third-order valence-electron chi connectivity index (χ3n) is 3.74. The van der Waals surface area contributed by atoms with Gasteiger partial charge in [-0.1, -0.05) is 60.0 Å². The standard InChI is InChI=1S/C19H24BrN/c1-3-4-5-6-16-7-10-18(11-8-16)21-14-17-9-12-19(20)15(2)13-17/h7-13,21H,3-6,14H2,1-2H3. The lowest BCUT2D eigenvalue weighted by molar-refractivity contribution is 0.717. The highest BCUT2D eigenvalue weighted by molar-refractivity contribution is 9.10. The second-order valence-electron chi connectivity index (χ2n) is 5.59. The van der Waals surface area contributed by atoms with Gasteiger partial charge in [-0.05, 0) is 54.7 Å². The summed E-state index contributed by atoms with van der Waals surface area (Å²) in [4.78, 5) is 0. The molecule has 0 bridgehead atoms. The monoisotopic (exact) mass is 345 g/mol. The van der Waals surface area contributed by atoms with Gasteiger partial charge in [0.25, 0.3) is 0 Å². The van der Waals surface area contributed by atoms with E-state index in [-0.39, 0.29) is 0 Å². The molecule has 1 N–H and O–H groups in total. The fourth-order valence-corrected chi connectivity index (χ4v) is 2.64. The Labute approximate surface area is 136 Å². The molecule has 2 aromatic carbocycles. The molecule has 2 aromatic rings. The maximum Gasteiger partial charge on any atom is 0.0400 e. The fourth-order valence-electron chi connectivity index (χ4n) is 2.39. The number of hydrogen-bond donors (Lipinski definition) is 1. The molecule has 0 saturated carbocycles. The Bertz CT molecular complexity index is 560. The van der Waals surface area contributed by atoms with Crippen LogP contribution in [0.1, 0.15) is 42.9 Å². The van der Waals surface area contributed by atoms with Crippen LogP contribution in [0.4, 0.5) is 5.69 Å². The van der Waals surface area contributed by atoms with E-state index in [1.54, 1.807) is 0 Å². The Kier molecular flexibility index (Phi) is 6.31. The van der Waals surface area contributed by atoms with Gasteiger partial charge in [0.1, 0.15) is 0 Å². The van der Waals surface area contributed by atoms with Gasteiger partial charge in [-0.3, -0.25) is 0 Å². The number of benzene rings is 2. The summed E-state index contributed by atoms with van der Waals surface area (Å²) in [6, 6.07) is 15.3. The molecule has 112 valence electrons. The highest BCUT2D eigenvalue weighted by atomic mass is 79.9. The smallest absolute Gasteiger partial charge is 0.0400 e. The SMILES string of the molecule is CCCCCc1ccc(NCc2ccc(Br)c(C)c2)cc1. The highest BCUT2D eigenvalue weighted by Gasteiger charge is 1.99. The molecule has 1 nitrogen and oxygen atoms in total. The first-order valence-corrected chi connectivity index (χ1v) is 8.56. The molecule has 0 unspecified atom stereocenters. The van der Waals surface area contributed by atoms with Gasteiger partial charge in [-0.2, -0.15) is 0 Å². The number of anilines is 1. The largest absolute Gasteiger partial charge is 0.381 e. The molecular weight excluding hydrogens is 322 g/mol. The molecule has 2 heteroatoms. The summed E-state index contributed by atoms with van der Waals surface area (Å²) in [5, 5.41) is 3.49. The van der Waals surface area contributed by atoms with Crippen LogP contribution >= 0.6 is 15.9 Å². The first kappa shape index (κ1) is 16.1. The maximum absolute atomic E-state index is 3.54. The number of unbranched alkanes of at least 4 members (excludes halogenated alkanes) is 2. The van der Waals surface area contributed by atoms with E-state index in [1.807, 2.05) is 0 Å². The molecule has 0 saturated heterocycles. The zero-order valence-electron chi connectivity index (χ0n) is 13.0. The lowest BCUT2D eigenvalue weighted by atomic mass is 10.1. The van der Waals surface area contributed by atoms with Crippen molar-refractivity contribution < 1.29 is 0 Å². The average Bonchev–Trinajstić information content (AvgIpc) is 2.50. The Balaban J connectivity index is 1.86. The molecule has 0 aromatic heterocycles. The molecule has 0 aliphatic rings. The Morgan fingerprint density at radius 3 is 2.33 bits per heavy atom. The van der Waals surface area contributed by atoms with Crippen LogP contribution in [-0.2, 0) is 13.0 Å². The third kappa shape index (κ3) is 5.20. The predicted molar refractivity (Wildman–Crippen MR) is 95.9 cm³/mol. The van der Waals surface area contributed by atoms with Crippen LogP contribution in [0.2, 0.25) is 0 Å². The fraction of sp³-hybridized carbons (Fsp3) is 0.368. The summed E-state index contributed by atoms with van der Waals surface area (Å²) in [6.07, 6.45) is 5.09. The van der Waals surface area contributed by atoms with E-state index < -0.39 is 0 Å². The summed E-state index contributed by atoms with van der Waals surface area (Å²) in [6.45, 7) is 5.23. The summed E-state index contributed by atoms with van der Waals surface area (Å²) < 4.78 is 1.17. The molecule has 0 radical (unpaired) electrons. The van der Waals surface area contributed by atoms with Crippen LogP contribution in [-0.4, -0.2) is 0 Å². The van der Waals surface area contributed by atoms with E-state index in [4.69, 9.17) is 0 Å². The van der Waals surface area contributed by atoms with Gasteiger partial charge in [0.15, 0.2) is 0 Å². The topological polar surface area (TPSA) is 12.0 Å². The van der Waals surface area contributed by atoms with Crippen LogP contribution < -0.4 is 5.32 Å². The molecule has 21 heavy (non-hydrogen) atoms. The number of aryl methyl sites for hydroxylation is 2. The first-order valence-electron chi connectivity index (χ1n) is 7.77. The van der Waals surface area contributed by atoms with Crippen molar-refractivity contribution in [2.24, 2.45) is 0 Å². The Hall–Kier alpha value is -1.28. The van der Waals surface area contributed by atoms with E-state index in [1.165, 1.54) is 52.5 Å². The van der Waals surface area contributed by atoms with Gasteiger partial charge in [-0.15, -0.1) is 0 Å². The first-order chi connectivity index (χ1) is 10.2. The minimum atomic E-state index is 0.864. The van der Waals surface area contributed by atoms with Gasteiger partial charge >= 0.3 is 0 Å². The van der Waals surface area contributed by atoms with Gasteiger partial charge in [0.2, 0.25) is 0 Å². The van der Waals surface area contributed by atoms with Crippen LogP contribution in [0.3, 0.4) is 0 Å². The molecule has 0 aliphatic carbocycles. The summed E-state index contributed by atoms with van der Waals surface area (Å²) >= 11 is 3.54.